The highest BCUT2D eigenvalue weighted by Gasteiger charge is 2.13. The molecule has 0 aliphatic carbocycles. The lowest BCUT2D eigenvalue weighted by Gasteiger charge is -2.16. The molecule has 19 heavy (non-hydrogen) atoms. The maximum absolute atomic E-state index is 11.8. The van der Waals surface area contributed by atoms with Crippen LogP contribution < -0.4 is 11.1 Å². The van der Waals surface area contributed by atoms with E-state index in [1.807, 2.05) is 24.0 Å². The Bertz CT molecular complexity index is 387. The molecular weight excluding hydrogens is 240 g/mol. The van der Waals surface area contributed by atoms with E-state index in [1.54, 1.807) is 0 Å². The molecule has 1 aromatic rings. The molecule has 1 aromatic heterocycles. The van der Waals surface area contributed by atoms with Crippen LogP contribution in [0, 0.1) is 18.8 Å². The first-order valence-electron chi connectivity index (χ1n) is 6.97. The van der Waals surface area contributed by atoms with Gasteiger partial charge >= 0.3 is 0 Å². The lowest BCUT2D eigenvalue weighted by Crippen LogP contribution is -2.31. The van der Waals surface area contributed by atoms with Crippen molar-refractivity contribution in [2.24, 2.45) is 17.6 Å². The summed E-state index contributed by atoms with van der Waals surface area (Å²) in [7, 11) is 0. The minimum atomic E-state index is 0.0833. The van der Waals surface area contributed by atoms with Gasteiger partial charge in [0.05, 0.1) is 12.7 Å². The summed E-state index contributed by atoms with van der Waals surface area (Å²) < 4.78 is 1.84. The molecule has 0 aliphatic heterocycles. The molecule has 0 aromatic carbocycles. The predicted molar refractivity (Wildman–Crippen MR) is 76.6 cm³/mol. The molecule has 0 radical (unpaired) electrons. The van der Waals surface area contributed by atoms with E-state index in [2.05, 4.69) is 24.3 Å². The summed E-state index contributed by atoms with van der Waals surface area (Å²) in [4.78, 5) is 11.8. The summed E-state index contributed by atoms with van der Waals surface area (Å²) >= 11 is 0. The van der Waals surface area contributed by atoms with E-state index in [0.29, 0.717) is 32.0 Å². The van der Waals surface area contributed by atoms with Gasteiger partial charge in [0.15, 0.2) is 0 Å². The van der Waals surface area contributed by atoms with E-state index in [1.165, 1.54) is 0 Å². The first-order chi connectivity index (χ1) is 9.01. The van der Waals surface area contributed by atoms with Crippen LogP contribution in [0.5, 0.6) is 0 Å². The van der Waals surface area contributed by atoms with Gasteiger partial charge in [-0.25, -0.2) is 0 Å². The summed E-state index contributed by atoms with van der Waals surface area (Å²) in [6, 6.07) is 0. The number of amides is 1. The molecule has 5 nitrogen and oxygen atoms in total. The number of carbonyl (C=O) groups is 1. The Morgan fingerprint density at radius 3 is 2.79 bits per heavy atom. The molecular formula is C14H26N4O. The summed E-state index contributed by atoms with van der Waals surface area (Å²) in [5.74, 6) is 0.945. The van der Waals surface area contributed by atoms with E-state index >= 15 is 0 Å². The second kappa shape index (κ2) is 7.94. The van der Waals surface area contributed by atoms with Gasteiger partial charge in [-0.2, -0.15) is 5.10 Å². The van der Waals surface area contributed by atoms with Gasteiger partial charge in [0.2, 0.25) is 5.91 Å². The highest BCUT2D eigenvalue weighted by atomic mass is 16.1. The van der Waals surface area contributed by atoms with Gasteiger partial charge in [-0.05, 0) is 37.3 Å². The Kier molecular flexibility index (Phi) is 6.56. The number of carbonyl (C=O) groups excluding carboxylic acids is 1. The molecule has 0 spiro atoms. The van der Waals surface area contributed by atoms with Crippen LogP contribution in [0.15, 0.2) is 12.4 Å². The van der Waals surface area contributed by atoms with Crippen LogP contribution in [-0.2, 0) is 11.3 Å². The third-order valence-corrected chi connectivity index (χ3v) is 3.04. The van der Waals surface area contributed by atoms with Crippen molar-refractivity contribution in [2.75, 3.05) is 13.1 Å². The van der Waals surface area contributed by atoms with Crippen molar-refractivity contribution >= 4 is 5.91 Å². The zero-order chi connectivity index (χ0) is 14.3. The largest absolute Gasteiger partial charge is 0.354 e. The Balaban J connectivity index is 2.23. The van der Waals surface area contributed by atoms with Gasteiger partial charge in [0.25, 0.3) is 0 Å². The predicted octanol–water partition coefficient (Wildman–Crippen LogP) is 1.32. The minimum absolute atomic E-state index is 0.0833. The molecule has 0 aliphatic rings. The number of hydrogen-bond acceptors (Lipinski definition) is 3. The molecule has 1 amide bonds. The molecule has 0 saturated heterocycles. The molecule has 0 bridgehead atoms. The van der Waals surface area contributed by atoms with Crippen molar-refractivity contribution in [1.82, 2.24) is 15.1 Å². The molecule has 1 heterocycles. The van der Waals surface area contributed by atoms with Crippen LogP contribution in [-0.4, -0.2) is 28.8 Å². The average Bonchev–Trinajstić information content (AvgIpc) is 2.73. The highest BCUT2D eigenvalue weighted by Crippen LogP contribution is 2.13. The summed E-state index contributed by atoms with van der Waals surface area (Å²) in [5.41, 5.74) is 6.83. The van der Waals surface area contributed by atoms with Crippen molar-refractivity contribution in [3.8, 4) is 0 Å². The van der Waals surface area contributed by atoms with Gasteiger partial charge in [-0.3, -0.25) is 9.48 Å². The van der Waals surface area contributed by atoms with Gasteiger partial charge in [0.1, 0.15) is 0 Å². The Hall–Kier alpha value is -1.36. The topological polar surface area (TPSA) is 72.9 Å². The maximum atomic E-state index is 11.8. The Morgan fingerprint density at radius 1 is 1.53 bits per heavy atom. The minimum Gasteiger partial charge on any atom is -0.354 e. The molecule has 0 unspecified atom stereocenters. The summed E-state index contributed by atoms with van der Waals surface area (Å²) in [5, 5.41) is 7.10. The van der Waals surface area contributed by atoms with Crippen molar-refractivity contribution in [3.63, 3.8) is 0 Å². The first kappa shape index (κ1) is 15.7. The van der Waals surface area contributed by atoms with E-state index in [4.69, 9.17) is 5.73 Å². The SMILES string of the molecule is Cc1cnn(CCNC(=O)C[C@@H](CN)CC(C)C)c1. The monoisotopic (exact) mass is 266 g/mol. The number of nitrogens with zero attached hydrogens (tertiary/aromatic N) is 2. The maximum Gasteiger partial charge on any atom is 0.220 e. The Morgan fingerprint density at radius 2 is 2.26 bits per heavy atom. The molecule has 0 saturated carbocycles. The lowest BCUT2D eigenvalue weighted by atomic mass is 9.94. The zero-order valence-corrected chi connectivity index (χ0v) is 12.2. The highest BCUT2D eigenvalue weighted by molar-refractivity contribution is 5.76. The van der Waals surface area contributed by atoms with E-state index < -0.39 is 0 Å². The normalized spacial score (nSPS) is 12.7. The lowest BCUT2D eigenvalue weighted by molar-refractivity contribution is -0.122. The van der Waals surface area contributed by atoms with Crippen LogP contribution in [0.25, 0.3) is 0 Å². The smallest absolute Gasteiger partial charge is 0.220 e. The van der Waals surface area contributed by atoms with Gasteiger partial charge in [0, 0.05) is 19.2 Å². The number of nitrogens with two attached hydrogens (primary N) is 1. The molecule has 5 heteroatoms. The van der Waals surface area contributed by atoms with E-state index in [-0.39, 0.29) is 11.8 Å². The third-order valence-electron chi connectivity index (χ3n) is 3.04. The second-order valence-electron chi connectivity index (χ2n) is 5.57. The van der Waals surface area contributed by atoms with Gasteiger partial charge in [-0.15, -0.1) is 0 Å². The van der Waals surface area contributed by atoms with Gasteiger partial charge < -0.3 is 11.1 Å². The van der Waals surface area contributed by atoms with E-state index in [0.717, 1.165) is 12.0 Å². The fraction of sp³-hybridized carbons (Fsp3) is 0.714. The number of nitrogens with one attached hydrogen (secondary N) is 1. The molecule has 108 valence electrons. The average molecular weight is 266 g/mol. The Labute approximate surface area is 115 Å². The van der Waals surface area contributed by atoms with Crippen molar-refractivity contribution in [2.45, 2.75) is 40.2 Å². The summed E-state index contributed by atoms with van der Waals surface area (Å²) in [6.45, 7) is 8.20. The van der Waals surface area contributed by atoms with Crippen LogP contribution >= 0.6 is 0 Å². The van der Waals surface area contributed by atoms with Crippen molar-refractivity contribution < 1.29 is 4.79 Å². The summed E-state index contributed by atoms with van der Waals surface area (Å²) in [6.07, 6.45) is 5.30. The second-order valence-corrected chi connectivity index (χ2v) is 5.57. The zero-order valence-electron chi connectivity index (χ0n) is 12.2. The molecule has 3 N–H and O–H groups in total. The fourth-order valence-electron chi connectivity index (χ4n) is 2.16. The molecule has 0 fully saturated rings. The van der Waals surface area contributed by atoms with Crippen LogP contribution in [0.2, 0.25) is 0 Å². The van der Waals surface area contributed by atoms with Crippen LogP contribution in [0.1, 0.15) is 32.3 Å². The number of aryl methyl sites for hydroxylation is 1. The number of hydrogen-bond donors (Lipinski definition) is 2. The van der Waals surface area contributed by atoms with Crippen LogP contribution in [0.4, 0.5) is 0 Å². The molecule has 1 rings (SSSR count). The van der Waals surface area contributed by atoms with Gasteiger partial charge in [-0.1, -0.05) is 13.8 Å². The number of aromatic nitrogens is 2. The first-order valence-corrected chi connectivity index (χ1v) is 6.97. The number of rotatable bonds is 8. The molecule has 1 atom stereocenters. The van der Waals surface area contributed by atoms with Crippen molar-refractivity contribution in [3.05, 3.63) is 18.0 Å². The van der Waals surface area contributed by atoms with Crippen LogP contribution in [0.3, 0.4) is 0 Å². The quantitative estimate of drug-likeness (QED) is 0.745. The fourth-order valence-corrected chi connectivity index (χ4v) is 2.16. The van der Waals surface area contributed by atoms with Crippen molar-refractivity contribution in [1.29, 1.82) is 0 Å². The third kappa shape index (κ3) is 6.38. The standard InChI is InChI=1S/C14H26N4O/c1-11(2)6-13(8-15)7-14(19)16-4-5-18-10-12(3)9-17-18/h9-11,13H,4-8,15H2,1-3H3,(H,16,19)/t13-/m0/s1. The van der Waals surface area contributed by atoms with E-state index in [9.17, 15) is 4.79 Å².